The molecule has 0 radical (unpaired) electrons. The number of hydrogen-bond donors (Lipinski definition) is 3. The van der Waals surface area contributed by atoms with Gasteiger partial charge in [-0.15, -0.1) is 0 Å². The van der Waals surface area contributed by atoms with Gasteiger partial charge in [0.2, 0.25) is 0 Å². The fraction of sp³-hybridized carbons (Fsp3) is 0.455. The summed E-state index contributed by atoms with van der Waals surface area (Å²) in [6.07, 6.45) is 0. The highest BCUT2D eigenvalue weighted by atomic mass is 16.3. The second-order valence-electron chi connectivity index (χ2n) is 3.99. The van der Waals surface area contributed by atoms with Crippen LogP contribution in [0.2, 0.25) is 0 Å². The highest BCUT2D eigenvalue weighted by molar-refractivity contribution is 5.40. The van der Waals surface area contributed by atoms with Gasteiger partial charge in [-0.2, -0.15) is 0 Å². The molecule has 0 spiro atoms. The molecule has 0 amide bonds. The number of benzene rings is 1. The predicted molar refractivity (Wildman–Crippen MR) is 56.4 cm³/mol. The molecule has 2 rings (SSSR count). The number of aryl methyl sites for hydroxylation is 1. The first kappa shape index (κ1) is 9.49. The molecular formula is C11H16N2O. The Morgan fingerprint density at radius 1 is 1.43 bits per heavy atom. The Labute approximate surface area is 83.9 Å². The quantitative estimate of drug-likeness (QED) is 0.614. The first-order chi connectivity index (χ1) is 6.68. The number of nitrogens with one attached hydrogen (secondary N) is 1. The van der Waals surface area contributed by atoms with Crippen LogP contribution in [0.3, 0.4) is 0 Å². The van der Waals surface area contributed by atoms with Crippen molar-refractivity contribution < 1.29 is 5.11 Å². The van der Waals surface area contributed by atoms with Gasteiger partial charge >= 0.3 is 0 Å². The fourth-order valence-electron chi connectivity index (χ4n) is 2.01. The molecule has 1 aliphatic rings. The average Bonchev–Trinajstić information content (AvgIpc) is 2.52. The lowest BCUT2D eigenvalue weighted by Crippen LogP contribution is -2.27. The van der Waals surface area contributed by atoms with Gasteiger partial charge in [0.25, 0.3) is 0 Å². The zero-order valence-electron chi connectivity index (χ0n) is 8.33. The van der Waals surface area contributed by atoms with Crippen LogP contribution in [-0.4, -0.2) is 24.2 Å². The van der Waals surface area contributed by atoms with Crippen LogP contribution in [0.4, 0.5) is 0 Å². The summed E-state index contributed by atoms with van der Waals surface area (Å²) in [6.45, 7) is 3.66. The van der Waals surface area contributed by atoms with Gasteiger partial charge in [0.05, 0.1) is 0 Å². The summed E-state index contributed by atoms with van der Waals surface area (Å²) < 4.78 is 0. The van der Waals surface area contributed by atoms with E-state index in [1.54, 1.807) is 6.07 Å². The topological polar surface area (TPSA) is 58.3 Å². The van der Waals surface area contributed by atoms with Crippen molar-refractivity contribution in [2.24, 2.45) is 5.73 Å². The Balaban J connectivity index is 2.31. The molecule has 1 heterocycles. The van der Waals surface area contributed by atoms with Crippen LogP contribution in [0.1, 0.15) is 17.0 Å². The summed E-state index contributed by atoms with van der Waals surface area (Å²) in [5.41, 5.74) is 7.98. The van der Waals surface area contributed by atoms with Crippen LogP contribution in [0, 0.1) is 6.92 Å². The van der Waals surface area contributed by atoms with Gasteiger partial charge in [0, 0.05) is 25.0 Å². The molecular weight excluding hydrogens is 176 g/mol. The number of rotatable bonds is 1. The van der Waals surface area contributed by atoms with Crippen molar-refractivity contribution in [3.63, 3.8) is 0 Å². The predicted octanol–water partition coefficient (Wildman–Crippen LogP) is 0.715. The van der Waals surface area contributed by atoms with E-state index in [1.807, 2.05) is 19.1 Å². The molecule has 3 heteroatoms. The van der Waals surface area contributed by atoms with Crippen LogP contribution >= 0.6 is 0 Å². The summed E-state index contributed by atoms with van der Waals surface area (Å²) in [7, 11) is 0. The molecule has 2 atom stereocenters. The van der Waals surface area contributed by atoms with Gasteiger partial charge in [-0.1, -0.05) is 12.1 Å². The number of nitrogens with two attached hydrogens (primary N) is 1. The van der Waals surface area contributed by atoms with Gasteiger partial charge in [0.1, 0.15) is 5.75 Å². The highest BCUT2D eigenvalue weighted by Crippen LogP contribution is 2.29. The summed E-state index contributed by atoms with van der Waals surface area (Å²) in [6, 6.07) is 5.89. The van der Waals surface area contributed by atoms with E-state index in [0.717, 1.165) is 24.2 Å². The lowest BCUT2D eigenvalue weighted by atomic mass is 9.93. The lowest BCUT2D eigenvalue weighted by molar-refractivity contribution is 0.459. The smallest absolute Gasteiger partial charge is 0.119 e. The maximum Gasteiger partial charge on any atom is 0.119 e. The van der Waals surface area contributed by atoms with Gasteiger partial charge in [-0.05, 0) is 24.1 Å². The van der Waals surface area contributed by atoms with Crippen molar-refractivity contribution in [2.45, 2.75) is 18.9 Å². The lowest BCUT2D eigenvalue weighted by Gasteiger charge is -2.16. The van der Waals surface area contributed by atoms with E-state index in [0.29, 0.717) is 5.75 Å². The molecule has 1 aromatic rings. The summed E-state index contributed by atoms with van der Waals surface area (Å²) in [5.74, 6) is 0.616. The molecule has 0 aromatic heterocycles. The minimum atomic E-state index is 0.114. The molecule has 1 saturated heterocycles. The summed E-state index contributed by atoms with van der Waals surface area (Å²) >= 11 is 0. The van der Waals surface area contributed by atoms with Crippen LogP contribution in [0.5, 0.6) is 5.75 Å². The second kappa shape index (κ2) is 3.59. The van der Waals surface area contributed by atoms with E-state index in [4.69, 9.17) is 5.73 Å². The second-order valence-corrected chi connectivity index (χ2v) is 3.99. The van der Waals surface area contributed by atoms with Gasteiger partial charge in [-0.25, -0.2) is 0 Å². The Bertz CT molecular complexity index is 338. The van der Waals surface area contributed by atoms with E-state index < -0.39 is 0 Å². The van der Waals surface area contributed by atoms with Crippen molar-refractivity contribution in [3.8, 4) is 5.75 Å². The van der Waals surface area contributed by atoms with Crippen LogP contribution in [0.25, 0.3) is 0 Å². The summed E-state index contributed by atoms with van der Waals surface area (Å²) in [4.78, 5) is 0. The van der Waals surface area contributed by atoms with E-state index in [-0.39, 0.29) is 12.0 Å². The third kappa shape index (κ3) is 1.61. The molecule has 0 saturated carbocycles. The Kier molecular flexibility index (Phi) is 2.44. The maximum absolute atomic E-state index is 9.79. The minimum Gasteiger partial charge on any atom is -0.508 e. The highest BCUT2D eigenvalue weighted by Gasteiger charge is 2.26. The maximum atomic E-state index is 9.79. The van der Waals surface area contributed by atoms with Gasteiger partial charge in [-0.3, -0.25) is 0 Å². The summed E-state index contributed by atoms with van der Waals surface area (Å²) in [5, 5.41) is 13.0. The first-order valence-corrected chi connectivity index (χ1v) is 4.94. The molecule has 76 valence electrons. The molecule has 14 heavy (non-hydrogen) atoms. The van der Waals surface area contributed by atoms with Crippen molar-refractivity contribution in [1.29, 1.82) is 0 Å². The third-order valence-corrected chi connectivity index (χ3v) is 2.85. The molecule has 0 aliphatic carbocycles. The molecule has 1 aromatic carbocycles. The standard InChI is InChI=1S/C11H16N2O/c1-7-2-3-8(11(14)4-7)9-5-13-6-10(9)12/h2-4,9-10,13-14H,5-6,12H2,1H3. The molecule has 1 aliphatic heterocycles. The molecule has 2 unspecified atom stereocenters. The number of hydrogen-bond acceptors (Lipinski definition) is 3. The van der Waals surface area contributed by atoms with Gasteiger partial charge < -0.3 is 16.2 Å². The van der Waals surface area contributed by atoms with Crippen molar-refractivity contribution in [1.82, 2.24) is 5.32 Å². The Morgan fingerprint density at radius 2 is 2.21 bits per heavy atom. The fourth-order valence-corrected chi connectivity index (χ4v) is 2.01. The molecule has 1 fully saturated rings. The van der Waals surface area contributed by atoms with Crippen LogP contribution in [0.15, 0.2) is 18.2 Å². The molecule has 3 nitrogen and oxygen atoms in total. The number of phenols is 1. The normalized spacial score (nSPS) is 26.7. The van der Waals surface area contributed by atoms with Crippen LogP contribution in [-0.2, 0) is 0 Å². The Morgan fingerprint density at radius 3 is 2.79 bits per heavy atom. The first-order valence-electron chi connectivity index (χ1n) is 4.94. The zero-order valence-corrected chi connectivity index (χ0v) is 8.33. The largest absolute Gasteiger partial charge is 0.508 e. The minimum absolute atomic E-state index is 0.114. The zero-order chi connectivity index (χ0) is 10.1. The third-order valence-electron chi connectivity index (χ3n) is 2.85. The van der Waals surface area contributed by atoms with Crippen molar-refractivity contribution >= 4 is 0 Å². The number of phenolic OH excluding ortho intramolecular Hbond substituents is 1. The van der Waals surface area contributed by atoms with E-state index in [2.05, 4.69) is 5.32 Å². The van der Waals surface area contributed by atoms with Crippen molar-refractivity contribution in [2.75, 3.05) is 13.1 Å². The Hall–Kier alpha value is -1.06. The van der Waals surface area contributed by atoms with Crippen LogP contribution < -0.4 is 11.1 Å². The molecule has 0 bridgehead atoms. The van der Waals surface area contributed by atoms with E-state index >= 15 is 0 Å². The van der Waals surface area contributed by atoms with Crippen molar-refractivity contribution in [3.05, 3.63) is 29.3 Å². The molecule has 4 N–H and O–H groups in total. The SMILES string of the molecule is Cc1ccc(C2CNCC2N)c(O)c1. The van der Waals surface area contributed by atoms with Gasteiger partial charge in [0.15, 0.2) is 0 Å². The van der Waals surface area contributed by atoms with E-state index in [9.17, 15) is 5.11 Å². The monoisotopic (exact) mass is 192 g/mol. The van der Waals surface area contributed by atoms with E-state index in [1.165, 1.54) is 0 Å². The average molecular weight is 192 g/mol. The number of aromatic hydroxyl groups is 1.